The molecule has 0 radical (unpaired) electrons. The van der Waals surface area contributed by atoms with Crippen molar-refractivity contribution in [3.63, 3.8) is 0 Å². The predicted molar refractivity (Wildman–Crippen MR) is 96.0 cm³/mol. The lowest BCUT2D eigenvalue weighted by Crippen LogP contribution is -2.32. The molecule has 0 spiro atoms. The van der Waals surface area contributed by atoms with Gasteiger partial charge in [0, 0.05) is 6.20 Å². The fraction of sp³-hybridized carbons (Fsp3) is 0.688. The molecule has 1 aromatic rings. The Labute approximate surface area is 148 Å². The normalized spacial score (nSPS) is 14.8. The topological polar surface area (TPSA) is 96.4 Å². The van der Waals surface area contributed by atoms with E-state index in [9.17, 15) is 9.59 Å². The standard InChI is InChI=1S/C16H27N3O4S/c1-4-11(2)15(20)22-10-13(6-5-9-24)23-12(3)19-8-7-14(17)18-16(19)21/h7-8,11-13,24H,4-6,9-10H2,1-3H3,(H2,17,18,21). The Balaban J connectivity index is 2.70. The number of ether oxygens (including phenoxy) is 2. The second kappa shape index (κ2) is 10.4. The van der Waals surface area contributed by atoms with Crippen molar-refractivity contribution >= 4 is 24.4 Å². The van der Waals surface area contributed by atoms with E-state index in [1.165, 1.54) is 16.8 Å². The van der Waals surface area contributed by atoms with Crippen molar-refractivity contribution < 1.29 is 14.3 Å². The fourth-order valence-electron chi connectivity index (χ4n) is 2.04. The summed E-state index contributed by atoms with van der Waals surface area (Å²) >= 11 is 4.20. The molecule has 0 saturated heterocycles. The van der Waals surface area contributed by atoms with Crippen LogP contribution < -0.4 is 11.4 Å². The zero-order valence-corrected chi connectivity index (χ0v) is 15.4. The number of nitrogens with two attached hydrogens (primary N) is 1. The highest BCUT2D eigenvalue weighted by Crippen LogP contribution is 2.14. The Hall–Kier alpha value is -1.54. The first-order valence-electron chi connectivity index (χ1n) is 8.16. The van der Waals surface area contributed by atoms with E-state index < -0.39 is 11.9 Å². The zero-order valence-electron chi connectivity index (χ0n) is 14.5. The summed E-state index contributed by atoms with van der Waals surface area (Å²) < 4.78 is 12.6. The Kier molecular flexibility index (Phi) is 8.84. The maximum atomic E-state index is 11.9. The van der Waals surface area contributed by atoms with Gasteiger partial charge in [-0.2, -0.15) is 17.6 Å². The highest BCUT2D eigenvalue weighted by Gasteiger charge is 2.19. The summed E-state index contributed by atoms with van der Waals surface area (Å²) in [7, 11) is 0. The molecule has 3 unspecified atom stereocenters. The molecular formula is C16H27N3O4S. The molecule has 0 bridgehead atoms. The second-order valence-electron chi connectivity index (χ2n) is 5.70. The van der Waals surface area contributed by atoms with Crippen molar-refractivity contribution in [1.82, 2.24) is 9.55 Å². The van der Waals surface area contributed by atoms with E-state index in [0.29, 0.717) is 12.2 Å². The minimum Gasteiger partial charge on any atom is -0.463 e. The molecule has 8 heteroatoms. The number of anilines is 1. The molecule has 0 saturated carbocycles. The summed E-state index contributed by atoms with van der Waals surface area (Å²) in [4.78, 5) is 27.4. The van der Waals surface area contributed by atoms with Gasteiger partial charge in [0.15, 0.2) is 0 Å². The average molecular weight is 357 g/mol. The van der Waals surface area contributed by atoms with Gasteiger partial charge in [-0.1, -0.05) is 13.8 Å². The van der Waals surface area contributed by atoms with Crippen LogP contribution in [-0.2, 0) is 14.3 Å². The molecule has 1 aromatic heterocycles. The molecule has 136 valence electrons. The lowest BCUT2D eigenvalue weighted by molar-refractivity contribution is -0.156. The number of carbonyl (C=O) groups is 1. The minimum absolute atomic E-state index is 0.142. The monoisotopic (exact) mass is 357 g/mol. The van der Waals surface area contributed by atoms with Gasteiger partial charge in [0.1, 0.15) is 18.7 Å². The molecule has 2 N–H and O–H groups in total. The van der Waals surface area contributed by atoms with Crippen LogP contribution in [0.1, 0.15) is 46.3 Å². The molecule has 24 heavy (non-hydrogen) atoms. The van der Waals surface area contributed by atoms with Gasteiger partial charge in [-0.25, -0.2) is 4.79 Å². The van der Waals surface area contributed by atoms with E-state index in [-0.39, 0.29) is 30.4 Å². The highest BCUT2D eigenvalue weighted by molar-refractivity contribution is 7.80. The van der Waals surface area contributed by atoms with Gasteiger partial charge in [0.2, 0.25) is 0 Å². The number of carbonyl (C=O) groups excluding carboxylic acids is 1. The lowest BCUT2D eigenvalue weighted by Gasteiger charge is -2.24. The smallest absolute Gasteiger partial charge is 0.351 e. The number of aromatic nitrogens is 2. The van der Waals surface area contributed by atoms with Gasteiger partial charge in [0.05, 0.1) is 12.0 Å². The van der Waals surface area contributed by atoms with Crippen LogP contribution in [-0.4, -0.2) is 34.0 Å². The number of nitrogen functional groups attached to an aromatic ring is 1. The zero-order chi connectivity index (χ0) is 18.1. The summed E-state index contributed by atoms with van der Waals surface area (Å²) in [6.45, 7) is 5.65. The van der Waals surface area contributed by atoms with Crippen LogP contribution in [0.5, 0.6) is 0 Å². The average Bonchev–Trinajstić information content (AvgIpc) is 2.55. The first-order valence-corrected chi connectivity index (χ1v) is 8.79. The SMILES string of the molecule is CCC(C)C(=O)OCC(CCCS)OC(C)n1ccc(N)nc1=O. The number of nitrogens with zero attached hydrogens (tertiary/aromatic N) is 2. The van der Waals surface area contributed by atoms with Gasteiger partial charge in [-0.3, -0.25) is 9.36 Å². The third-order valence-corrected chi connectivity index (χ3v) is 4.06. The van der Waals surface area contributed by atoms with Crippen LogP contribution in [0.15, 0.2) is 17.1 Å². The third-order valence-electron chi connectivity index (χ3n) is 3.74. The van der Waals surface area contributed by atoms with E-state index in [1.807, 2.05) is 13.8 Å². The lowest BCUT2D eigenvalue weighted by atomic mass is 10.1. The van der Waals surface area contributed by atoms with Gasteiger partial charge in [-0.15, -0.1) is 0 Å². The number of hydrogen-bond donors (Lipinski definition) is 2. The number of esters is 1. The van der Waals surface area contributed by atoms with E-state index in [4.69, 9.17) is 15.2 Å². The van der Waals surface area contributed by atoms with Crippen LogP contribution in [0.2, 0.25) is 0 Å². The predicted octanol–water partition coefficient (Wildman–Crippen LogP) is 2.03. The summed E-state index contributed by atoms with van der Waals surface area (Å²) in [5, 5.41) is 0. The summed E-state index contributed by atoms with van der Waals surface area (Å²) in [6.07, 6.45) is 2.90. The first kappa shape index (κ1) is 20.5. The molecule has 0 amide bonds. The van der Waals surface area contributed by atoms with Crippen LogP contribution in [0.25, 0.3) is 0 Å². The van der Waals surface area contributed by atoms with E-state index in [1.54, 1.807) is 6.92 Å². The molecule has 0 aliphatic rings. The van der Waals surface area contributed by atoms with Crippen molar-refractivity contribution in [2.45, 2.75) is 52.4 Å². The Morgan fingerprint density at radius 3 is 2.75 bits per heavy atom. The van der Waals surface area contributed by atoms with E-state index in [2.05, 4.69) is 17.6 Å². The van der Waals surface area contributed by atoms with Gasteiger partial charge >= 0.3 is 11.7 Å². The van der Waals surface area contributed by atoms with Crippen LogP contribution in [0, 0.1) is 5.92 Å². The quantitative estimate of drug-likeness (QED) is 0.491. The number of hydrogen-bond acceptors (Lipinski definition) is 7. The molecule has 0 aromatic carbocycles. The van der Waals surface area contributed by atoms with Crippen molar-refractivity contribution in [1.29, 1.82) is 0 Å². The van der Waals surface area contributed by atoms with Gasteiger partial charge < -0.3 is 15.2 Å². The summed E-state index contributed by atoms with van der Waals surface area (Å²) in [6, 6.07) is 1.53. The van der Waals surface area contributed by atoms with Crippen molar-refractivity contribution in [3.05, 3.63) is 22.7 Å². The number of rotatable bonds is 10. The molecular weight excluding hydrogens is 330 g/mol. The molecule has 0 aliphatic heterocycles. The van der Waals surface area contributed by atoms with Crippen LogP contribution in [0.4, 0.5) is 5.82 Å². The summed E-state index contributed by atoms with van der Waals surface area (Å²) in [5.74, 6) is 0.488. The van der Waals surface area contributed by atoms with Crippen molar-refractivity contribution in [2.75, 3.05) is 18.1 Å². The molecule has 3 atom stereocenters. The van der Waals surface area contributed by atoms with Crippen molar-refractivity contribution in [3.8, 4) is 0 Å². The molecule has 0 fully saturated rings. The van der Waals surface area contributed by atoms with Gasteiger partial charge in [0.25, 0.3) is 0 Å². The Bertz CT molecular complexity index is 579. The van der Waals surface area contributed by atoms with Crippen LogP contribution in [0.3, 0.4) is 0 Å². The second-order valence-corrected chi connectivity index (χ2v) is 6.15. The fourth-order valence-corrected chi connectivity index (χ4v) is 2.22. The Morgan fingerprint density at radius 1 is 1.46 bits per heavy atom. The van der Waals surface area contributed by atoms with E-state index in [0.717, 1.165) is 12.8 Å². The number of thiol groups is 1. The molecule has 1 rings (SSSR count). The summed E-state index contributed by atoms with van der Waals surface area (Å²) in [5.41, 5.74) is 5.01. The largest absolute Gasteiger partial charge is 0.463 e. The maximum Gasteiger partial charge on any atom is 0.351 e. The highest BCUT2D eigenvalue weighted by atomic mass is 32.1. The van der Waals surface area contributed by atoms with E-state index >= 15 is 0 Å². The third kappa shape index (κ3) is 6.52. The molecule has 1 heterocycles. The van der Waals surface area contributed by atoms with Gasteiger partial charge in [-0.05, 0) is 38.0 Å². The molecule has 0 aliphatic carbocycles. The minimum atomic E-state index is -0.544. The Morgan fingerprint density at radius 2 is 2.17 bits per heavy atom. The van der Waals surface area contributed by atoms with Crippen LogP contribution >= 0.6 is 12.6 Å². The molecule has 7 nitrogen and oxygen atoms in total. The maximum absolute atomic E-state index is 11.9. The van der Waals surface area contributed by atoms with Crippen molar-refractivity contribution in [2.24, 2.45) is 5.92 Å². The first-order chi connectivity index (χ1) is 11.4.